The Morgan fingerprint density at radius 1 is 1.37 bits per heavy atom. The lowest BCUT2D eigenvalue weighted by Gasteiger charge is -2.19. The van der Waals surface area contributed by atoms with Gasteiger partial charge in [0.25, 0.3) is 0 Å². The molecule has 1 aliphatic rings. The van der Waals surface area contributed by atoms with Crippen molar-refractivity contribution in [3.8, 4) is 11.5 Å². The number of amides is 1. The summed E-state index contributed by atoms with van der Waals surface area (Å²) in [6.45, 7) is 0. The van der Waals surface area contributed by atoms with E-state index in [1.807, 2.05) is 18.2 Å². The van der Waals surface area contributed by atoms with Gasteiger partial charge in [-0.1, -0.05) is 6.07 Å². The van der Waals surface area contributed by atoms with Crippen LogP contribution in [-0.2, 0) is 4.79 Å². The van der Waals surface area contributed by atoms with Gasteiger partial charge in [0.05, 0.1) is 14.2 Å². The SMILES string of the molecule is CNC(=O)CC(c1ccc(OC)cc1OC)C1CC1. The van der Waals surface area contributed by atoms with Crippen molar-refractivity contribution in [3.63, 3.8) is 0 Å². The van der Waals surface area contributed by atoms with Crippen molar-refractivity contribution in [1.29, 1.82) is 0 Å². The van der Waals surface area contributed by atoms with Gasteiger partial charge in [-0.15, -0.1) is 0 Å². The number of rotatable bonds is 6. The van der Waals surface area contributed by atoms with Crippen LogP contribution in [0.2, 0.25) is 0 Å². The molecule has 1 N–H and O–H groups in total. The molecule has 1 atom stereocenters. The minimum absolute atomic E-state index is 0.0785. The number of benzene rings is 1. The summed E-state index contributed by atoms with van der Waals surface area (Å²) in [6, 6.07) is 5.83. The summed E-state index contributed by atoms with van der Waals surface area (Å²) in [6.07, 6.45) is 2.90. The van der Waals surface area contributed by atoms with Crippen LogP contribution >= 0.6 is 0 Å². The van der Waals surface area contributed by atoms with Gasteiger partial charge in [0.2, 0.25) is 5.91 Å². The van der Waals surface area contributed by atoms with Gasteiger partial charge in [-0.2, -0.15) is 0 Å². The predicted octanol–water partition coefficient (Wildman–Crippen LogP) is 2.33. The monoisotopic (exact) mass is 263 g/mol. The summed E-state index contributed by atoms with van der Waals surface area (Å²) < 4.78 is 10.7. The second kappa shape index (κ2) is 5.95. The van der Waals surface area contributed by atoms with E-state index in [1.54, 1.807) is 21.3 Å². The Morgan fingerprint density at radius 3 is 2.63 bits per heavy atom. The van der Waals surface area contributed by atoms with Crippen molar-refractivity contribution in [2.75, 3.05) is 21.3 Å². The molecule has 1 aromatic rings. The topological polar surface area (TPSA) is 47.6 Å². The van der Waals surface area contributed by atoms with Gasteiger partial charge in [0.1, 0.15) is 11.5 Å². The second-order valence-corrected chi connectivity index (χ2v) is 4.93. The van der Waals surface area contributed by atoms with Crippen LogP contribution < -0.4 is 14.8 Å². The molecule has 0 heterocycles. The zero-order chi connectivity index (χ0) is 13.8. The van der Waals surface area contributed by atoms with Crippen molar-refractivity contribution in [2.45, 2.75) is 25.2 Å². The van der Waals surface area contributed by atoms with Crippen LogP contribution in [-0.4, -0.2) is 27.2 Å². The van der Waals surface area contributed by atoms with Gasteiger partial charge in [0, 0.05) is 19.5 Å². The Balaban J connectivity index is 2.27. The van der Waals surface area contributed by atoms with Crippen molar-refractivity contribution in [1.82, 2.24) is 5.32 Å². The summed E-state index contributed by atoms with van der Waals surface area (Å²) in [7, 11) is 4.97. The number of nitrogens with one attached hydrogen (secondary N) is 1. The molecular weight excluding hydrogens is 242 g/mol. The third kappa shape index (κ3) is 3.19. The summed E-state index contributed by atoms with van der Waals surface area (Å²) in [5, 5.41) is 2.70. The molecule has 1 aliphatic carbocycles. The molecular formula is C15H21NO3. The molecule has 0 saturated heterocycles. The molecule has 1 amide bonds. The largest absolute Gasteiger partial charge is 0.497 e. The Bertz CT molecular complexity index is 455. The number of hydrogen-bond donors (Lipinski definition) is 1. The minimum Gasteiger partial charge on any atom is -0.497 e. The highest BCUT2D eigenvalue weighted by atomic mass is 16.5. The first-order valence-electron chi connectivity index (χ1n) is 6.62. The fourth-order valence-electron chi connectivity index (χ4n) is 2.46. The van der Waals surface area contributed by atoms with E-state index in [2.05, 4.69) is 5.32 Å². The van der Waals surface area contributed by atoms with Crippen LogP contribution in [0.3, 0.4) is 0 Å². The average molecular weight is 263 g/mol. The summed E-state index contributed by atoms with van der Waals surface area (Å²) in [5.74, 6) is 2.49. The van der Waals surface area contributed by atoms with Crippen molar-refractivity contribution in [3.05, 3.63) is 23.8 Å². The molecule has 104 valence electrons. The standard InChI is InChI=1S/C15H21NO3/c1-16-15(17)9-13(10-4-5-10)12-7-6-11(18-2)8-14(12)19-3/h6-8,10,13H,4-5,9H2,1-3H3,(H,16,17). The van der Waals surface area contributed by atoms with Crippen molar-refractivity contribution >= 4 is 5.91 Å². The highest BCUT2D eigenvalue weighted by Crippen LogP contribution is 2.47. The fourth-order valence-corrected chi connectivity index (χ4v) is 2.46. The van der Waals surface area contributed by atoms with Gasteiger partial charge < -0.3 is 14.8 Å². The summed E-state index contributed by atoms with van der Waals surface area (Å²) in [4.78, 5) is 11.7. The predicted molar refractivity (Wildman–Crippen MR) is 73.7 cm³/mol. The maximum absolute atomic E-state index is 11.7. The second-order valence-electron chi connectivity index (χ2n) is 4.93. The van der Waals surface area contributed by atoms with E-state index in [4.69, 9.17) is 9.47 Å². The first kappa shape index (κ1) is 13.7. The van der Waals surface area contributed by atoms with E-state index in [1.165, 1.54) is 12.8 Å². The van der Waals surface area contributed by atoms with E-state index in [0.29, 0.717) is 12.3 Å². The smallest absolute Gasteiger partial charge is 0.220 e. The molecule has 1 aromatic carbocycles. The van der Waals surface area contributed by atoms with Crippen molar-refractivity contribution in [2.24, 2.45) is 5.92 Å². The van der Waals surface area contributed by atoms with Crippen LogP contribution in [0.15, 0.2) is 18.2 Å². The quantitative estimate of drug-likeness (QED) is 0.857. The molecule has 1 saturated carbocycles. The highest BCUT2D eigenvalue weighted by molar-refractivity contribution is 5.76. The summed E-state index contributed by atoms with van der Waals surface area (Å²) >= 11 is 0. The molecule has 0 spiro atoms. The molecule has 0 bridgehead atoms. The molecule has 0 aliphatic heterocycles. The third-order valence-corrected chi connectivity index (χ3v) is 3.72. The van der Waals surface area contributed by atoms with E-state index in [0.717, 1.165) is 17.1 Å². The number of methoxy groups -OCH3 is 2. The Morgan fingerprint density at radius 2 is 2.11 bits per heavy atom. The first-order chi connectivity index (χ1) is 9.19. The third-order valence-electron chi connectivity index (χ3n) is 3.72. The maximum Gasteiger partial charge on any atom is 0.220 e. The first-order valence-corrected chi connectivity index (χ1v) is 6.62. The Labute approximate surface area is 114 Å². The molecule has 19 heavy (non-hydrogen) atoms. The number of ether oxygens (including phenoxy) is 2. The van der Waals surface area contributed by atoms with Crippen LogP contribution in [0.5, 0.6) is 11.5 Å². The number of hydrogen-bond acceptors (Lipinski definition) is 3. The van der Waals surface area contributed by atoms with Gasteiger partial charge in [-0.25, -0.2) is 0 Å². The normalized spacial score (nSPS) is 15.7. The zero-order valence-electron chi connectivity index (χ0n) is 11.7. The average Bonchev–Trinajstić information content (AvgIpc) is 3.28. The van der Waals surface area contributed by atoms with Crippen LogP contribution in [0.4, 0.5) is 0 Å². The van der Waals surface area contributed by atoms with E-state index in [9.17, 15) is 4.79 Å². The van der Waals surface area contributed by atoms with Gasteiger partial charge in [0.15, 0.2) is 0 Å². The molecule has 4 heteroatoms. The summed E-state index contributed by atoms with van der Waals surface area (Å²) in [5.41, 5.74) is 1.11. The van der Waals surface area contributed by atoms with Gasteiger partial charge in [-0.3, -0.25) is 4.79 Å². The fraction of sp³-hybridized carbons (Fsp3) is 0.533. The van der Waals surface area contributed by atoms with Crippen molar-refractivity contribution < 1.29 is 14.3 Å². The highest BCUT2D eigenvalue weighted by Gasteiger charge is 2.35. The molecule has 1 unspecified atom stereocenters. The molecule has 0 aromatic heterocycles. The molecule has 1 fully saturated rings. The minimum atomic E-state index is 0.0785. The Kier molecular flexibility index (Phi) is 4.30. The Hall–Kier alpha value is -1.71. The van der Waals surface area contributed by atoms with E-state index >= 15 is 0 Å². The van der Waals surface area contributed by atoms with Crippen LogP contribution in [0, 0.1) is 5.92 Å². The lowest BCUT2D eigenvalue weighted by molar-refractivity contribution is -0.121. The lowest BCUT2D eigenvalue weighted by Crippen LogP contribution is -2.21. The maximum atomic E-state index is 11.7. The van der Waals surface area contributed by atoms with Gasteiger partial charge >= 0.3 is 0 Å². The van der Waals surface area contributed by atoms with E-state index < -0.39 is 0 Å². The van der Waals surface area contributed by atoms with Gasteiger partial charge in [-0.05, 0) is 36.3 Å². The number of carbonyl (C=O) groups is 1. The zero-order valence-corrected chi connectivity index (χ0v) is 11.7. The lowest BCUT2D eigenvalue weighted by atomic mass is 9.90. The molecule has 4 nitrogen and oxygen atoms in total. The van der Waals surface area contributed by atoms with E-state index in [-0.39, 0.29) is 11.8 Å². The molecule has 2 rings (SSSR count). The molecule has 0 radical (unpaired) electrons. The van der Waals surface area contributed by atoms with Crippen LogP contribution in [0.25, 0.3) is 0 Å². The van der Waals surface area contributed by atoms with Crippen LogP contribution in [0.1, 0.15) is 30.7 Å². The number of carbonyl (C=O) groups excluding carboxylic acids is 1.